The van der Waals surface area contributed by atoms with Gasteiger partial charge in [0.2, 0.25) is 5.91 Å². The Bertz CT molecular complexity index is 806. The van der Waals surface area contributed by atoms with Crippen LogP contribution in [0.25, 0.3) is 11.1 Å². The standard InChI is InChI=1S/C17H16N2O3/c1-11-18-15-8-3-12(9-16(15)22-11)10-17(20)19-13-4-6-14(21-2)7-5-13/h3-9H,10H2,1-2H3,(H,19,20). The minimum absolute atomic E-state index is 0.0826. The fourth-order valence-electron chi connectivity index (χ4n) is 2.26. The van der Waals surface area contributed by atoms with E-state index >= 15 is 0 Å². The summed E-state index contributed by atoms with van der Waals surface area (Å²) in [6.45, 7) is 1.80. The summed E-state index contributed by atoms with van der Waals surface area (Å²) in [5.41, 5.74) is 3.13. The third-order valence-corrected chi connectivity index (χ3v) is 3.30. The SMILES string of the molecule is COc1ccc(NC(=O)Cc2ccc3nc(C)oc3c2)cc1. The lowest BCUT2D eigenvalue weighted by atomic mass is 10.1. The molecule has 2 aromatic carbocycles. The lowest BCUT2D eigenvalue weighted by molar-refractivity contribution is -0.115. The van der Waals surface area contributed by atoms with E-state index in [1.807, 2.05) is 18.2 Å². The Kier molecular flexibility index (Phi) is 3.78. The zero-order valence-electron chi connectivity index (χ0n) is 12.4. The topological polar surface area (TPSA) is 64.4 Å². The highest BCUT2D eigenvalue weighted by atomic mass is 16.5. The van der Waals surface area contributed by atoms with E-state index in [1.54, 1.807) is 38.3 Å². The van der Waals surface area contributed by atoms with Crippen LogP contribution < -0.4 is 10.1 Å². The van der Waals surface area contributed by atoms with Gasteiger partial charge in [-0.1, -0.05) is 6.07 Å². The molecule has 22 heavy (non-hydrogen) atoms. The molecule has 0 saturated carbocycles. The van der Waals surface area contributed by atoms with Crippen LogP contribution in [0.5, 0.6) is 5.75 Å². The van der Waals surface area contributed by atoms with Crippen molar-refractivity contribution in [3.05, 3.63) is 53.9 Å². The summed E-state index contributed by atoms with van der Waals surface area (Å²) in [5, 5.41) is 2.85. The zero-order valence-corrected chi connectivity index (χ0v) is 12.4. The van der Waals surface area contributed by atoms with Gasteiger partial charge in [-0.3, -0.25) is 4.79 Å². The molecule has 0 unspecified atom stereocenters. The average Bonchev–Trinajstić information content (AvgIpc) is 2.87. The van der Waals surface area contributed by atoms with Crippen LogP contribution in [-0.4, -0.2) is 18.0 Å². The van der Waals surface area contributed by atoms with Gasteiger partial charge in [0.05, 0.1) is 13.5 Å². The predicted molar refractivity (Wildman–Crippen MR) is 84.1 cm³/mol. The number of benzene rings is 2. The van der Waals surface area contributed by atoms with Crippen molar-refractivity contribution in [1.29, 1.82) is 0 Å². The number of oxazole rings is 1. The van der Waals surface area contributed by atoms with Gasteiger partial charge in [0.1, 0.15) is 11.3 Å². The number of carbonyl (C=O) groups excluding carboxylic acids is 1. The molecule has 112 valence electrons. The quantitative estimate of drug-likeness (QED) is 0.802. The Morgan fingerprint density at radius 2 is 2.00 bits per heavy atom. The van der Waals surface area contributed by atoms with E-state index in [-0.39, 0.29) is 12.3 Å². The first-order valence-electron chi connectivity index (χ1n) is 6.94. The van der Waals surface area contributed by atoms with E-state index < -0.39 is 0 Å². The summed E-state index contributed by atoms with van der Waals surface area (Å²) >= 11 is 0. The summed E-state index contributed by atoms with van der Waals surface area (Å²) in [7, 11) is 1.61. The van der Waals surface area contributed by atoms with Crippen LogP contribution >= 0.6 is 0 Å². The molecule has 0 radical (unpaired) electrons. The van der Waals surface area contributed by atoms with Gasteiger partial charge >= 0.3 is 0 Å². The fraction of sp³-hybridized carbons (Fsp3) is 0.176. The van der Waals surface area contributed by atoms with Crippen LogP contribution in [0, 0.1) is 6.92 Å². The summed E-state index contributed by atoms with van der Waals surface area (Å²) in [6, 6.07) is 12.8. The second-order valence-corrected chi connectivity index (χ2v) is 4.99. The molecule has 5 nitrogen and oxygen atoms in total. The molecule has 0 aliphatic carbocycles. The average molecular weight is 296 g/mol. The van der Waals surface area contributed by atoms with E-state index in [0.717, 1.165) is 22.5 Å². The van der Waals surface area contributed by atoms with Gasteiger partial charge in [0, 0.05) is 12.6 Å². The summed E-state index contributed by atoms with van der Waals surface area (Å²) < 4.78 is 10.6. The Balaban J connectivity index is 1.69. The molecule has 1 amide bonds. The monoisotopic (exact) mass is 296 g/mol. The number of methoxy groups -OCH3 is 1. The molecule has 0 aliphatic rings. The number of aryl methyl sites for hydroxylation is 1. The smallest absolute Gasteiger partial charge is 0.228 e. The summed E-state index contributed by atoms with van der Waals surface area (Å²) in [5.74, 6) is 1.29. The zero-order chi connectivity index (χ0) is 15.5. The van der Waals surface area contributed by atoms with Gasteiger partial charge < -0.3 is 14.5 Å². The van der Waals surface area contributed by atoms with Crippen LogP contribution in [-0.2, 0) is 11.2 Å². The van der Waals surface area contributed by atoms with E-state index in [9.17, 15) is 4.79 Å². The van der Waals surface area contributed by atoms with Crippen molar-refractivity contribution in [3.63, 3.8) is 0 Å². The van der Waals surface area contributed by atoms with Gasteiger partial charge in [-0.15, -0.1) is 0 Å². The van der Waals surface area contributed by atoms with Gasteiger partial charge in [-0.25, -0.2) is 4.98 Å². The van der Waals surface area contributed by atoms with Crippen LogP contribution in [0.3, 0.4) is 0 Å². The van der Waals surface area contributed by atoms with E-state index in [4.69, 9.17) is 9.15 Å². The first kappa shape index (κ1) is 14.1. The molecule has 5 heteroatoms. The van der Waals surface area contributed by atoms with Gasteiger partial charge in [-0.2, -0.15) is 0 Å². The number of aromatic nitrogens is 1. The Morgan fingerprint density at radius 3 is 2.73 bits per heavy atom. The molecule has 0 atom stereocenters. The number of amides is 1. The molecule has 0 spiro atoms. The molecule has 0 fully saturated rings. The van der Waals surface area contributed by atoms with Crippen LogP contribution in [0.1, 0.15) is 11.5 Å². The van der Waals surface area contributed by atoms with Crippen molar-refractivity contribution < 1.29 is 13.9 Å². The van der Waals surface area contributed by atoms with E-state index in [2.05, 4.69) is 10.3 Å². The van der Waals surface area contributed by atoms with E-state index in [1.165, 1.54) is 0 Å². The highest BCUT2D eigenvalue weighted by Crippen LogP contribution is 2.18. The number of carbonyl (C=O) groups is 1. The van der Waals surface area contributed by atoms with Crippen LogP contribution in [0.4, 0.5) is 5.69 Å². The second-order valence-electron chi connectivity index (χ2n) is 4.99. The molecule has 0 bridgehead atoms. The van der Waals surface area contributed by atoms with Crippen molar-refractivity contribution in [3.8, 4) is 5.75 Å². The highest BCUT2D eigenvalue weighted by Gasteiger charge is 2.08. The lowest BCUT2D eigenvalue weighted by Gasteiger charge is -2.06. The van der Waals surface area contributed by atoms with Gasteiger partial charge in [-0.05, 0) is 42.0 Å². The van der Waals surface area contributed by atoms with Crippen molar-refractivity contribution in [2.75, 3.05) is 12.4 Å². The van der Waals surface area contributed by atoms with Crippen molar-refractivity contribution in [2.45, 2.75) is 13.3 Å². The molecule has 0 saturated heterocycles. The number of hydrogen-bond acceptors (Lipinski definition) is 4. The van der Waals surface area contributed by atoms with Gasteiger partial charge in [0.15, 0.2) is 11.5 Å². The van der Waals surface area contributed by atoms with Crippen LogP contribution in [0.2, 0.25) is 0 Å². The molecular formula is C17H16N2O3. The number of anilines is 1. The summed E-state index contributed by atoms with van der Waals surface area (Å²) in [6.07, 6.45) is 0.279. The first-order valence-corrected chi connectivity index (χ1v) is 6.94. The van der Waals surface area contributed by atoms with Crippen molar-refractivity contribution >= 4 is 22.7 Å². The largest absolute Gasteiger partial charge is 0.497 e. The maximum absolute atomic E-state index is 12.1. The number of hydrogen-bond donors (Lipinski definition) is 1. The molecule has 3 aromatic rings. The normalized spacial score (nSPS) is 10.6. The summed E-state index contributed by atoms with van der Waals surface area (Å²) in [4.78, 5) is 16.3. The molecule has 1 N–H and O–H groups in total. The molecule has 1 heterocycles. The fourth-order valence-corrected chi connectivity index (χ4v) is 2.26. The Morgan fingerprint density at radius 1 is 1.23 bits per heavy atom. The molecule has 1 aromatic heterocycles. The molecular weight excluding hydrogens is 280 g/mol. The third kappa shape index (κ3) is 3.09. The molecule has 0 aliphatic heterocycles. The predicted octanol–water partition coefficient (Wildman–Crippen LogP) is 3.33. The van der Waals surface area contributed by atoms with Crippen LogP contribution in [0.15, 0.2) is 46.9 Å². The lowest BCUT2D eigenvalue weighted by Crippen LogP contribution is -2.14. The maximum Gasteiger partial charge on any atom is 0.228 e. The third-order valence-electron chi connectivity index (χ3n) is 3.30. The minimum Gasteiger partial charge on any atom is -0.497 e. The number of fused-ring (bicyclic) bond motifs is 1. The number of nitrogens with one attached hydrogen (secondary N) is 1. The molecule has 3 rings (SSSR count). The van der Waals surface area contributed by atoms with Crippen molar-refractivity contribution in [2.24, 2.45) is 0 Å². The first-order chi connectivity index (χ1) is 10.6. The Hall–Kier alpha value is -2.82. The van der Waals surface area contributed by atoms with Gasteiger partial charge in [0.25, 0.3) is 0 Å². The van der Waals surface area contributed by atoms with Crippen molar-refractivity contribution in [1.82, 2.24) is 4.98 Å². The minimum atomic E-state index is -0.0826. The second kappa shape index (κ2) is 5.89. The number of nitrogens with zero attached hydrogens (tertiary/aromatic N) is 1. The Labute approximate surface area is 127 Å². The van der Waals surface area contributed by atoms with E-state index in [0.29, 0.717) is 11.5 Å². The number of rotatable bonds is 4. The highest BCUT2D eigenvalue weighted by molar-refractivity contribution is 5.92. The maximum atomic E-state index is 12.1. The number of ether oxygens (including phenoxy) is 1.